The monoisotopic (exact) mass is 527 g/mol. The fourth-order valence-corrected chi connectivity index (χ4v) is 3.72. The molecule has 1 aromatic carbocycles. The van der Waals surface area contributed by atoms with Gasteiger partial charge in [-0.05, 0) is 65.2 Å². The van der Waals surface area contributed by atoms with Gasteiger partial charge >= 0.3 is 18.0 Å². The minimum absolute atomic E-state index is 0.183. The van der Waals surface area contributed by atoms with E-state index in [-0.39, 0.29) is 29.9 Å². The molecule has 2 heterocycles. The Morgan fingerprint density at radius 1 is 1.11 bits per heavy atom. The number of carbonyl (C=O) groups is 3. The predicted octanol–water partition coefficient (Wildman–Crippen LogP) is 4.77. The molecule has 206 valence electrons. The summed E-state index contributed by atoms with van der Waals surface area (Å²) in [6.07, 6.45) is 0.891. The Morgan fingerprint density at radius 2 is 1.82 bits per heavy atom. The van der Waals surface area contributed by atoms with Crippen molar-refractivity contribution in [3.05, 3.63) is 41.1 Å². The van der Waals surface area contributed by atoms with Gasteiger partial charge in [-0.25, -0.2) is 19.4 Å². The number of cyclic esters (lactones) is 1. The third-order valence-corrected chi connectivity index (χ3v) is 5.62. The van der Waals surface area contributed by atoms with E-state index < -0.39 is 28.7 Å². The van der Waals surface area contributed by atoms with Crippen molar-refractivity contribution in [1.29, 1.82) is 0 Å². The Bertz CT molecular complexity index is 1220. The number of rotatable bonds is 9. The molecule has 0 fully saturated rings. The molecular formula is C27H37N5O6. The van der Waals surface area contributed by atoms with Crippen LogP contribution in [0, 0.1) is 5.41 Å². The van der Waals surface area contributed by atoms with Gasteiger partial charge in [0.2, 0.25) is 5.95 Å². The molecule has 0 bridgehead atoms. The van der Waals surface area contributed by atoms with Gasteiger partial charge in [0.05, 0.1) is 12.2 Å². The summed E-state index contributed by atoms with van der Waals surface area (Å²) in [5, 5.41) is 9.11. The van der Waals surface area contributed by atoms with Gasteiger partial charge in [0.15, 0.2) is 0 Å². The van der Waals surface area contributed by atoms with E-state index in [2.05, 4.69) is 25.9 Å². The molecule has 3 rings (SSSR count). The van der Waals surface area contributed by atoms with E-state index in [4.69, 9.17) is 14.2 Å². The summed E-state index contributed by atoms with van der Waals surface area (Å²) in [5.74, 6) is -0.387. The number of benzene rings is 1. The first-order valence-corrected chi connectivity index (χ1v) is 12.5. The highest BCUT2D eigenvalue weighted by Gasteiger charge is 2.37. The zero-order valence-corrected chi connectivity index (χ0v) is 23.3. The quantitative estimate of drug-likeness (QED) is 0.309. The van der Waals surface area contributed by atoms with Crippen molar-refractivity contribution in [2.75, 3.05) is 30.3 Å². The maximum Gasteiger partial charge on any atom is 0.407 e. The highest BCUT2D eigenvalue weighted by Crippen LogP contribution is 2.37. The normalized spacial score (nSPS) is 14.3. The number of carbonyl (C=O) groups excluding carboxylic acids is 3. The lowest BCUT2D eigenvalue weighted by molar-refractivity contribution is 0.00949. The third-order valence-electron chi connectivity index (χ3n) is 5.62. The van der Waals surface area contributed by atoms with Gasteiger partial charge < -0.3 is 30.2 Å². The molecule has 11 nitrogen and oxygen atoms in total. The molecule has 0 radical (unpaired) electrons. The van der Waals surface area contributed by atoms with Crippen molar-refractivity contribution >= 4 is 35.5 Å². The molecule has 1 aromatic heterocycles. The number of ether oxygens (including phenoxy) is 3. The second kappa shape index (κ2) is 10.8. The number of hydrogen-bond donors (Lipinski definition) is 3. The molecule has 1 aliphatic heterocycles. The fourth-order valence-electron chi connectivity index (χ4n) is 3.72. The Labute approximate surface area is 223 Å². The molecule has 0 atom stereocenters. The average molecular weight is 528 g/mol. The Kier molecular flexibility index (Phi) is 8.18. The molecule has 1 aliphatic rings. The molecule has 3 N–H and O–H groups in total. The zero-order chi connectivity index (χ0) is 28.3. The first-order valence-electron chi connectivity index (χ1n) is 12.5. The molecule has 11 heteroatoms. The number of nitrogens with one attached hydrogen (secondary N) is 3. The van der Waals surface area contributed by atoms with Gasteiger partial charge in [0, 0.05) is 30.5 Å². The van der Waals surface area contributed by atoms with E-state index in [1.165, 1.54) is 6.20 Å². The van der Waals surface area contributed by atoms with Crippen LogP contribution in [0.3, 0.4) is 0 Å². The summed E-state index contributed by atoms with van der Waals surface area (Å²) in [4.78, 5) is 45.5. The Hall–Kier alpha value is -3.89. The first-order chi connectivity index (χ1) is 17.6. The van der Waals surface area contributed by atoms with Crippen molar-refractivity contribution in [2.45, 2.75) is 66.6 Å². The standard InChI is InChI=1S/C27H37N5O6/c1-9-36-21(33)18-13-28-23(31-16-10-11-17-19(12-16)27(7,8)37-22(17)34)32-20(18)29-14-26(5,6)15-30-24(35)38-25(2,3)4/h10-13H,9,14-15H2,1-8H3,(H,30,35)(H2,28,29,31,32). The van der Waals surface area contributed by atoms with Gasteiger partial charge in [-0.3, -0.25) is 0 Å². The fraction of sp³-hybridized carbons (Fsp3) is 0.519. The molecule has 1 amide bonds. The lowest BCUT2D eigenvalue weighted by atomic mass is 9.93. The van der Waals surface area contributed by atoms with Crippen LogP contribution in [0.1, 0.15) is 81.7 Å². The van der Waals surface area contributed by atoms with Gasteiger partial charge in [0.1, 0.15) is 22.6 Å². The van der Waals surface area contributed by atoms with Gasteiger partial charge in [-0.15, -0.1) is 0 Å². The molecular weight excluding hydrogens is 490 g/mol. The van der Waals surface area contributed by atoms with E-state index >= 15 is 0 Å². The van der Waals surface area contributed by atoms with Crippen molar-refractivity contribution in [1.82, 2.24) is 15.3 Å². The number of hydrogen-bond acceptors (Lipinski definition) is 10. The van der Waals surface area contributed by atoms with Crippen molar-refractivity contribution in [2.24, 2.45) is 5.41 Å². The zero-order valence-electron chi connectivity index (χ0n) is 23.3. The number of anilines is 3. The molecule has 38 heavy (non-hydrogen) atoms. The highest BCUT2D eigenvalue weighted by atomic mass is 16.6. The average Bonchev–Trinajstić information content (AvgIpc) is 3.03. The van der Waals surface area contributed by atoms with Crippen LogP contribution in [-0.2, 0) is 19.8 Å². The van der Waals surface area contributed by atoms with E-state index in [9.17, 15) is 14.4 Å². The number of fused-ring (bicyclic) bond motifs is 1. The summed E-state index contributed by atoms with van der Waals surface area (Å²) in [5.41, 5.74) is 0.359. The van der Waals surface area contributed by atoms with Crippen molar-refractivity contribution in [3.63, 3.8) is 0 Å². The van der Waals surface area contributed by atoms with Crippen LogP contribution in [-0.4, -0.2) is 53.3 Å². The van der Waals surface area contributed by atoms with Gasteiger partial charge in [0.25, 0.3) is 0 Å². The molecule has 2 aromatic rings. The maximum atomic E-state index is 12.6. The lowest BCUT2D eigenvalue weighted by Crippen LogP contribution is -2.40. The Balaban J connectivity index is 1.77. The Morgan fingerprint density at radius 3 is 2.47 bits per heavy atom. The minimum atomic E-state index is -0.746. The lowest BCUT2D eigenvalue weighted by Gasteiger charge is -2.27. The minimum Gasteiger partial charge on any atom is -0.462 e. The second-order valence-electron chi connectivity index (χ2n) is 11.3. The molecule has 0 saturated heterocycles. The molecule has 0 unspecified atom stereocenters. The van der Waals surface area contributed by atoms with Crippen LogP contribution in [0.2, 0.25) is 0 Å². The smallest absolute Gasteiger partial charge is 0.407 e. The number of nitrogens with zero attached hydrogens (tertiary/aromatic N) is 2. The van der Waals surface area contributed by atoms with Crippen LogP contribution in [0.5, 0.6) is 0 Å². The highest BCUT2D eigenvalue weighted by molar-refractivity contribution is 5.96. The summed E-state index contributed by atoms with van der Waals surface area (Å²) < 4.78 is 15.9. The van der Waals surface area contributed by atoms with E-state index in [0.717, 1.165) is 5.56 Å². The SMILES string of the molecule is CCOC(=O)c1cnc(Nc2ccc3c(c2)C(C)(C)OC3=O)nc1NCC(C)(C)CNC(=O)OC(C)(C)C. The molecule has 0 spiro atoms. The van der Waals surface area contributed by atoms with Crippen LogP contribution < -0.4 is 16.0 Å². The van der Waals surface area contributed by atoms with Crippen LogP contribution in [0.15, 0.2) is 24.4 Å². The van der Waals surface area contributed by atoms with Crippen LogP contribution in [0.25, 0.3) is 0 Å². The van der Waals surface area contributed by atoms with Crippen molar-refractivity contribution < 1.29 is 28.6 Å². The second-order valence-corrected chi connectivity index (χ2v) is 11.3. The van der Waals surface area contributed by atoms with Crippen molar-refractivity contribution in [3.8, 4) is 0 Å². The van der Waals surface area contributed by atoms with Gasteiger partial charge in [-0.1, -0.05) is 13.8 Å². The van der Waals surface area contributed by atoms with Crippen LogP contribution >= 0.6 is 0 Å². The van der Waals surface area contributed by atoms with E-state index in [0.29, 0.717) is 24.3 Å². The number of aromatic nitrogens is 2. The number of alkyl carbamates (subject to hydrolysis) is 1. The summed E-state index contributed by atoms with van der Waals surface area (Å²) >= 11 is 0. The number of esters is 2. The predicted molar refractivity (Wildman–Crippen MR) is 143 cm³/mol. The topological polar surface area (TPSA) is 141 Å². The summed E-state index contributed by atoms with van der Waals surface area (Å²) in [6, 6.07) is 5.26. The largest absolute Gasteiger partial charge is 0.462 e. The third kappa shape index (κ3) is 7.33. The number of amides is 1. The van der Waals surface area contributed by atoms with E-state index in [1.807, 2.05) is 33.8 Å². The van der Waals surface area contributed by atoms with E-state index in [1.54, 1.807) is 39.8 Å². The van der Waals surface area contributed by atoms with Crippen LogP contribution in [0.4, 0.5) is 22.2 Å². The summed E-state index contributed by atoms with van der Waals surface area (Å²) in [6.45, 7) is 15.6. The molecule has 0 aliphatic carbocycles. The first kappa shape index (κ1) is 28.7. The molecule has 0 saturated carbocycles. The summed E-state index contributed by atoms with van der Waals surface area (Å²) in [7, 11) is 0. The maximum absolute atomic E-state index is 12.6. The van der Waals surface area contributed by atoms with Gasteiger partial charge in [-0.2, -0.15) is 4.98 Å².